The highest BCUT2D eigenvalue weighted by atomic mass is 31.2. The van der Waals surface area contributed by atoms with Crippen LogP contribution in [0.3, 0.4) is 0 Å². The average molecular weight is 1480 g/mol. The molecule has 5 atom stereocenters. The van der Waals surface area contributed by atoms with Gasteiger partial charge in [0.2, 0.25) is 0 Å². The quantitative estimate of drug-likeness (QED) is 0.0222. The van der Waals surface area contributed by atoms with Crippen LogP contribution in [0.2, 0.25) is 0 Å². The summed E-state index contributed by atoms with van der Waals surface area (Å²) in [5, 5.41) is 10.6. The number of unbranched alkanes of at least 4 members (excludes halogenated alkanes) is 57. The Morgan fingerprint density at radius 1 is 0.238 bits per heavy atom. The summed E-state index contributed by atoms with van der Waals surface area (Å²) in [5.41, 5.74) is 0. The third-order valence-electron chi connectivity index (χ3n) is 19.4. The lowest BCUT2D eigenvalue weighted by atomic mass is 10.0. The Morgan fingerprint density at radius 3 is 0.584 bits per heavy atom. The summed E-state index contributed by atoms with van der Waals surface area (Å²) in [4.78, 5) is 72.9. The van der Waals surface area contributed by atoms with E-state index in [1.807, 2.05) is 0 Å². The number of aliphatic hydroxyl groups is 1. The summed E-state index contributed by atoms with van der Waals surface area (Å²) in [6.07, 6.45) is 69.6. The first kappa shape index (κ1) is 99.1. The molecule has 0 rings (SSSR count). The minimum atomic E-state index is -4.96. The van der Waals surface area contributed by atoms with Gasteiger partial charge < -0.3 is 33.8 Å². The molecule has 0 amide bonds. The number of ether oxygens (including phenoxy) is 4. The third-order valence-corrected chi connectivity index (χ3v) is 21.3. The largest absolute Gasteiger partial charge is 0.472 e. The van der Waals surface area contributed by atoms with Gasteiger partial charge >= 0.3 is 39.5 Å². The van der Waals surface area contributed by atoms with Gasteiger partial charge in [-0.15, -0.1) is 0 Å². The Bertz CT molecular complexity index is 1910. The zero-order chi connectivity index (χ0) is 73.9. The van der Waals surface area contributed by atoms with Crippen LogP contribution in [0.15, 0.2) is 0 Å². The van der Waals surface area contributed by atoms with Crippen LogP contribution in [-0.4, -0.2) is 96.7 Å². The van der Waals surface area contributed by atoms with Gasteiger partial charge in [-0.05, 0) is 25.7 Å². The first-order valence-corrected chi connectivity index (χ1v) is 45.8. The van der Waals surface area contributed by atoms with Gasteiger partial charge in [0.1, 0.15) is 19.3 Å². The monoisotopic (exact) mass is 1480 g/mol. The molecule has 101 heavy (non-hydrogen) atoms. The topological polar surface area (TPSA) is 237 Å². The number of phosphoric ester groups is 2. The van der Waals surface area contributed by atoms with Crippen LogP contribution in [0.25, 0.3) is 0 Å². The predicted octanol–water partition coefficient (Wildman–Crippen LogP) is 25.0. The summed E-state index contributed by atoms with van der Waals surface area (Å²) >= 11 is 0. The molecular formula is C82H160O17P2. The van der Waals surface area contributed by atoms with E-state index in [0.717, 1.165) is 103 Å². The van der Waals surface area contributed by atoms with Crippen molar-refractivity contribution in [3.05, 3.63) is 0 Å². The van der Waals surface area contributed by atoms with E-state index in [2.05, 4.69) is 27.7 Å². The molecule has 0 aromatic carbocycles. The number of carbonyl (C=O) groups excluding carboxylic acids is 4. The molecule has 0 aliphatic heterocycles. The number of hydrogen-bond donors (Lipinski definition) is 3. The van der Waals surface area contributed by atoms with Gasteiger partial charge in [-0.2, -0.15) is 0 Å². The molecule has 17 nitrogen and oxygen atoms in total. The first-order chi connectivity index (χ1) is 49.2. The van der Waals surface area contributed by atoms with E-state index in [1.54, 1.807) is 0 Å². The normalized spacial score (nSPS) is 13.8. The summed E-state index contributed by atoms with van der Waals surface area (Å²) < 4.78 is 68.6. The van der Waals surface area contributed by atoms with Crippen LogP contribution < -0.4 is 0 Å². The summed E-state index contributed by atoms with van der Waals surface area (Å²) in [7, 11) is -9.91. The maximum atomic E-state index is 13.1. The van der Waals surface area contributed by atoms with E-state index in [-0.39, 0.29) is 25.7 Å². The van der Waals surface area contributed by atoms with Gasteiger partial charge in [-0.25, -0.2) is 9.13 Å². The lowest BCUT2D eigenvalue weighted by molar-refractivity contribution is -0.161. The Balaban J connectivity index is 5.16. The molecule has 0 saturated heterocycles. The molecule has 600 valence electrons. The van der Waals surface area contributed by atoms with Gasteiger partial charge in [0.05, 0.1) is 26.4 Å². The van der Waals surface area contributed by atoms with E-state index in [4.69, 9.17) is 37.0 Å². The van der Waals surface area contributed by atoms with Crippen LogP contribution in [0.1, 0.15) is 445 Å². The Kier molecular flexibility index (Phi) is 74.8. The molecule has 0 heterocycles. The van der Waals surface area contributed by atoms with Gasteiger partial charge in [-0.3, -0.25) is 37.3 Å². The summed E-state index contributed by atoms with van der Waals surface area (Å²) in [5.74, 6) is -2.11. The molecule has 0 spiro atoms. The number of phosphoric acid groups is 2. The lowest BCUT2D eigenvalue weighted by Crippen LogP contribution is -2.30. The second-order valence-electron chi connectivity index (χ2n) is 29.5. The Morgan fingerprint density at radius 2 is 0.396 bits per heavy atom. The number of aliphatic hydroxyl groups excluding tert-OH is 1. The second kappa shape index (κ2) is 76.3. The smallest absolute Gasteiger partial charge is 0.462 e. The number of hydrogen-bond acceptors (Lipinski definition) is 15. The van der Waals surface area contributed by atoms with Gasteiger partial charge in [-0.1, -0.05) is 394 Å². The molecule has 0 radical (unpaired) electrons. The van der Waals surface area contributed by atoms with Crippen molar-refractivity contribution in [2.24, 2.45) is 0 Å². The highest BCUT2D eigenvalue weighted by molar-refractivity contribution is 7.47. The fourth-order valence-electron chi connectivity index (χ4n) is 12.8. The van der Waals surface area contributed by atoms with Crippen LogP contribution in [0.5, 0.6) is 0 Å². The average Bonchev–Trinajstić information content (AvgIpc) is 0.993. The standard InChI is InChI=1S/C82H160O17P2/c1-5-9-13-17-21-24-27-30-33-36-37-38-39-41-44-47-50-53-57-61-65-69-82(87)99-78(73-93-80(85)67-63-59-55-51-48-45-43-40-34-31-28-25-22-18-14-10-6-2)75-97-101(90,91)95-71-76(83)70-94-100(88,89)96-74-77(72-92-79(84)66-62-58-54-20-16-12-8-4)98-81(86)68-64-60-56-52-49-46-42-35-32-29-26-23-19-15-11-7-3/h76-78,83H,5-75H2,1-4H3,(H,88,89)(H,90,91)/t76-,77+,78+/m0/s1. The molecular weight excluding hydrogens is 1320 g/mol. The molecule has 0 aromatic rings. The first-order valence-electron chi connectivity index (χ1n) is 42.8. The van der Waals surface area contributed by atoms with E-state index in [1.165, 1.54) is 263 Å². The highest BCUT2D eigenvalue weighted by Crippen LogP contribution is 2.45. The minimum absolute atomic E-state index is 0.109. The number of esters is 4. The van der Waals surface area contributed by atoms with Crippen molar-refractivity contribution in [2.75, 3.05) is 39.6 Å². The molecule has 0 fully saturated rings. The predicted molar refractivity (Wildman–Crippen MR) is 414 cm³/mol. The lowest BCUT2D eigenvalue weighted by Gasteiger charge is -2.21. The van der Waals surface area contributed by atoms with Gasteiger partial charge in [0, 0.05) is 25.7 Å². The SMILES string of the molecule is CCCCCCCCCCCCCCCCCCCCCCCC(=O)O[C@H](COC(=O)CCCCCCCCCCCCCCCCCCC)COP(=O)(O)OC[C@@H](O)COP(=O)(O)OC[C@@H](COC(=O)CCCCCCCCC)OC(=O)CCCCCCCCCCCCCCCCCC. The summed E-state index contributed by atoms with van der Waals surface area (Å²) in [6.45, 7) is 4.99. The zero-order valence-corrected chi connectivity index (χ0v) is 67.7. The molecule has 2 unspecified atom stereocenters. The van der Waals surface area contributed by atoms with Crippen molar-refractivity contribution < 1.29 is 80.2 Å². The van der Waals surface area contributed by atoms with Crippen molar-refractivity contribution in [2.45, 2.75) is 463 Å². The van der Waals surface area contributed by atoms with Gasteiger partial charge in [0.25, 0.3) is 0 Å². The highest BCUT2D eigenvalue weighted by Gasteiger charge is 2.30. The van der Waals surface area contributed by atoms with E-state index < -0.39 is 97.5 Å². The van der Waals surface area contributed by atoms with Crippen molar-refractivity contribution in [1.29, 1.82) is 0 Å². The zero-order valence-electron chi connectivity index (χ0n) is 65.9. The fourth-order valence-corrected chi connectivity index (χ4v) is 14.4. The fraction of sp³-hybridized carbons (Fsp3) is 0.951. The second-order valence-corrected chi connectivity index (χ2v) is 32.4. The van der Waals surface area contributed by atoms with Crippen LogP contribution in [-0.2, 0) is 65.4 Å². The van der Waals surface area contributed by atoms with Crippen molar-refractivity contribution in [3.63, 3.8) is 0 Å². The third kappa shape index (κ3) is 76.1. The molecule has 19 heteroatoms. The maximum absolute atomic E-state index is 13.1. The minimum Gasteiger partial charge on any atom is -0.462 e. The number of rotatable bonds is 83. The molecule has 3 N–H and O–H groups in total. The van der Waals surface area contributed by atoms with Crippen molar-refractivity contribution in [1.82, 2.24) is 0 Å². The van der Waals surface area contributed by atoms with Crippen molar-refractivity contribution in [3.8, 4) is 0 Å². The Hall–Kier alpha value is -1.94. The molecule has 0 aliphatic carbocycles. The molecule has 0 saturated carbocycles. The Labute approximate surface area is 619 Å². The van der Waals surface area contributed by atoms with E-state index in [0.29, 0.717) is 25.7 Å². The number of carbonyl (C=O) groups is 4. The van der Waals surface area contributed by atoms with Crippen LogP contribution in [0.4, 0.5) is 0 Å². The maximum Gasteiger partial charge on any atom is 0.472 e. The van der Waals surface area contributed by atoms with Crippen molar-refractivity contribution >= 4 is 39.5 Å². The van der Waals surface area contributed by atoms with Crippen LogP contribution >= 0.6 is 15.6 Å². The summed E-state index contributed by atoms with van der Waals surface area (Å²) in [6, 6.07) is 0. The molecule has 0 bridgehead atoms. The molecule has 0 aliphatic rings. The molecule has 0 aromatic heterocycles. The van der Waals surface area contributed by atoms with Crippen LogP contribution in [0, 0.1) is 0 Å². The van der Waals surface area contributed by atoms with E-state index in [9.17, 15) is 43.2 Å². The van der Waals surface area contributed by atoms with E-state index >= 15 is 0 Å². The van der Waals surface area contributed by atoms with Gasteiger partial charge in [0.15, 0.2) is 12.2 Å².